The van der Waals surface area contributed by atoms with Gasteiger partial charge in [0, 0.05) is 58.1 Å². The second-order valence-electron chi connectivity index (χ2n) is 12.0. The van der Waals surface area contributed by atoms with Crippen molar-refractivity contribution in [3.8, 4) is 0 Å². The van der Waals surface area contributed by atoms with Crippen LogP contribution >= 0.6 is 0 Å². The lowest BCUT2D eigenvalue weighted by molar-refractivity contribution is -0.113. The van der Waals surface area contributed by atoms with Crippen molar-refractivity contribution in [2.24, 2.45) is 15.9 Å². The van der Waals surface area contributed by atoms with Crippen LogP contribution < -0.4 is 0 Å². The van der Waals surface area contributed by atoms with Gasteiger partial charge in [0.25, 0.3) is 5.91 Å². The fourth-order valence-corrected chi connectivity index (χ4v) is 5.50. The minimum absolute atomic E-state index is 0.137. The van der Waals surface area contributed by atoms with Gasteiger partial charge < -0.3 is 19.3 Å². The van der Waals surface area contributed by atoms with Crippen LogP contribution in [0.15, 0.2) is 75.9 Å². The molecule has 4 aliphatic rings. The summed E-state index contributed by atoms with van der Waals surface area (Å²) in [6, 6.07) is 9.96. The Morgan fingerprint density at radius 3 is 2.37 bits per heavy atom. The number of aliphatic imine (C=N–C) groups is 2. The van der Waals surface area contributed by atoms with Crippen LogP contribution in [0.4, 0.5) is 4.79 Å². The average molecular weight is 560 g/mol. The lowest BCUT2D eigenvalue weighted by Gasteiger charge is -2.40. The number of dihydropyridines is 2. The van der Waals surface area contributed by atoms with E-state index in [4.69, 9.17) is 14.5 Å². The van der Waals surface area contributed by atoms with Crippen molar-refractivity contribution in [3.05, 3.63) is 71.5 Å². The number of piperazine rings is 1. The van der Waals surface area contributed by atoms with Gasteiger partial charge in [-0.1, -0.05) is 36.4 Å². The molecule has 2 saturated heterocycles. The smallest absolute Gasteiger partial charge is 0.410 e. The molecule has 9 nitrogen and oxygen atoms in total. The van der Waals surface area contributed by atoms with Crippen LogP contribution in [0.2, 0.25) is 0 Å². The Morgan fingerprint density at radius 1 is 0.976 bits per heavy atom. The molecule has 9 heteroatoms. The van der Waals surface area contributed by atoms with Crippen molar-refractivity contribution in [3.63, 3.8) is 0 Å². The molecule has 0 bridgehead atoms. The summed E-state index contributed by atoms with van der Waals surface area (Å²) in [6.07, 6.45) is 11.2. The van der Waals surface area contributed by atoms with Crippen LogP contribution in [0.3, 0.4) is 0 Å². The lowest BCUT2D eigenvalue weighted by atomic mass is 9.96. The number of carbonyl (C=O) groups excluding carboxylic acids is 2. The van der Waals surface area contributed by atoms with E-state index in [1.165, 1.54) is 6.08 Å². The van der Waals surface area contributed by atoms with Crippen LogP contribution in [0, 0.1) is 5.92 Å². The Morgan fingerprint density at radius 2 is 1.71 bits per heavy atom. The highest BCUT2D eigenvalue weighted by atomic mass is 16.6. The van der Waals surface area contributed by atoms with E-state index in [0.717, 1.165) is 69.9 Å². The summed E-state index contributed by atoms with van der Waals surface area (Å²) >= 11 is 0. The third-order valence-electron chi connectivity index (χ3n) is 7.76. The first-order chi connectivity index (χ1) is 19.7. The molecule has 0 aliphatic carbocycles. The molecule has 0 N–H and O–H groups in total. The van der Waals surface area contributed by atoms with Crippen molar-refractivity contribution in [2.75, 3.05) is 45.8 Å². The predicted octanol–water partition coefficient (Wildman–Crippen LogP) is 4.23. The van der Waals surface area contributed by atoms with Crippen LogP contribution in [-0.4, -0.2) is 96.3 Å². The monoisotopic (exact) mass is 559 g/mol. The Balaban J connectivity index is 1.09. The molecule has 5 rings (SSSR count). The standard InChI is InChI=1S/C32H41N5O4/c1-32(2,3)41-31(39)37-15-13-24(14-16-37)22-35-17-19-36(20-18-35)26-9-11-28(33-21-26)27-10-12-29(38)34-30(27)40-23-25-7-5-4-6-8-25/h4-12,21,24,26H,13-20,22-23H2,1-3H3. The molecule has 0 saturated carbocycles. The summed E-state index contributed by atoms with van der Waals surface area (Å²) in [5.41, 5.74) is 2.02. The summed E-state index contributed by atoms with van der Waals surface area (Å²) in [6.45, 7) is 12.7. The Kier molecular flexibility index (Phi) is 9.15. The molecule has 2 fully saturated rings. The predicted molar refractivity (Wildman–Crippen MR) is 160 cm³/mol. The van der Waals surface area contributed by atoms with Gasteiger partial charge in [0.2, 0.25) is 5.90 Å². The van der Waals surface area contributed by atoms with Crippen molar-refractivity contribution in [1.82, 2.24) is 14.7 Å². The summed E-state index contributed by atoms with van der Waals surface area (Å²) in [5.74, 6) is 0.591. The number of likely N-dealkylation sites (tertiary alicyclic amines) is 1. The summed E-state index contributed by atoms with van der Waals surface area (Å²) in [7, 11) is 0. The number of benzene rings is 1. The first-order valence-corrected chi connectivity index (χ1v) is 14.6. The zero-order chi connectivity index (χ0) is 28.8. The minimum Gasteiger partial charge on any atom is -0.472 e. The van der Waals surface area contributed by atoms with E-state index in [1.54, 1.807) is 6.08 Å². The van der Waals surface area contributed by atoms with Crippen LogP contribution in [0.1, 0.15) is 39.2 Å². The molecule has 4 aliphatic heterocycles. The number of ether oxygens (including phenoxy) is 2. The molecule has 1 aromatic rings. The summed E-state index contributed by atoms with van der Waals surface area (Å²) in [4.78, 5) is 40.0. The lowest BCUT2D eigenvalue weighted by Crippen LogP contribution is -2.52. The number of amides is 2. The molecule has 0 spiro atoms. The number of rotatable bonds is 5. The SMILES string of the molecule is CC(C)(C)OC(=O)N1CCC(CN2CCN(C3C=CC(=C4C=CC(=O)N=C4OCc4ccccc4)N=C3)CC2)CC1. The number of piperidine rings is 1. The first kappa shape index (κ1) is 29.0. The fourth-order valence-electron chi connectivity index (χ4n) is 5.50. The third kappa shape index (κ3) is 8.01. The highest BCUT2D eigenvalue weighted by Gasteiger charge is 2.29. The molecule has 1 unspecified atom stereocenters. The zero-order valence-electron chi connectivity index (χ0n) is 24.4. The van der Waals surface area contributed by atoms with E-state index in [9.17, 15) is 9.59 Å². The molecule has 0 radical (unpaired) electrons. The summed E-state index contributed by atoms with van der Waals surface area (Å²) in [5, 5.41) is 0. The molecule has 1 atom stereocenters. The molecule has 218 valence electrons. The number of nitrogens with zero attached hydrogens (tertiary/aromatic N) is 5. The average Bonchev–Trinajstić information content (AvgIpc) is 2.97. The van der Waals surface area contributed by atoms with E-state index in [-0.39, 0.29) is 18.0 Å². The maximum Gasteiger partial charge on any atom is 0.410 e. The van der Waals surface area contributed by atoms with Crippen LogP contribution in [-0.2, 0) is 20.9 Å². The number of allylic oxidation sites excluding steroid dienone is 1. The quantitative estimate of drug-likeness (QED) is 0.537. The Hall–Kier alpha value is -3.56. The molecule has 41 heavy (non-hydrogen) atoms. The van der Waals surface area contributed by atoms with Gasteiger partial charge in [-0.05, 0) is 57.2 Å². The highest BCUT2D eigenvalue weighted by Crippen LogP contribution is 2.23. The van der Waals surface area contributed by atoms with Gasteiger partial charge >= 0.3 is 6.09 Å². The molecule has 0 aromatic heterocycles. The zero-order valence-corrected chi connectivity index (χ0v) is 24.4. The maximum absolute atomic E-state index is 12.4. The normalized spacial score (nSPS) is 24.5. The van der Waals surface area contributed by atoms with Crippen molar-refractivity contribution < 1.29 is 19.1 Å². The van der Waals surface area contributed by atoms with E-state index < -0.39 is 5.60 Å². The molecular formula is C32H41N5O4. The Bertz CT molecular complexity index is 1230. The molecule has 1 aromatic carbocycles. The van der Waals surface area contributed by atoms with Crippen LogP contribution in [0.25, 0.3) is 0 Å². The van der Waals surface area contributed by atoms with Crippen molar-refractivity contribution in [1.29, 1.82) is 0 Å². The largest absolute Gasteiger partial charge is 0.472 e. The van der Waals surface area contributed by atoms with Gasteiger partial charge in [-0.15, -0.1) is 0 Å². The van der Waals surface area contributed by atoms with Gasteiger partial charge in [-0.2, -0.15) is 4.99 Å². The molecule has 4 heterocycles. The molecule has 2 amide bonds. The van der Waals surface area contributed by atoms with E-state index in [0.29, 0.717) is 24.0 Å². The van der Waals surface area contributed by atoms with Gasteiger partial charge in [0.15, 0.2) is 0 Å². The number of hydrogen-bond acceptors (Lipinski definition) is 7. The first-order valence-electron chi connectivity index (χ1n) is 14.6. The van der Waals surface area contributed by atoms with Gasteiger partial charge in [-0.25, -0.2) is 4.79 Å². The second-order valence-corrected chi connectivity index (χ2v) is 12.0. The Labute approximate surface area is 242 Å². The number of hydrogen-bond donors (Lipinski definition) is 0. The van der Waals surface area contributed by atoms with Gasteiger partial charge in [-0.3, -0.25) is 14.7 Å². The highest BCUT2D eigenvalue weighted by molar-refractivity contribution is 6.10. The molecular weight excluding hydrogens is 518 g/mol. The van der Waals surface area contributed by atoms with E-state index in [1.807, 2.05) is 68.3 Å². The summed E-state index contributed by atoms with van der Waals surface area (Å²) < 4.78 is 11.5. The third-order valence-corrected chi connectivity index (χ3v) is 7.76. The fraction of sp³-hybridized carbons (Fsp3) is 0.500. The minimum atomic E-state index is -0.453. The van der Waals surface area contributed by atoms with Crippen molar-refractivity contribution >= 4 is 24.1 Å². The maximum atomic E-state index is 12.4. The second kappa shape index (κ2) is 13.0. The van der Waals surface area contributed by atoms with E-state index >= 15 is 0 Å². The van der Waals surface area contributed by atoms with Crippen LogP contribution in [0.5, 0.6) is 0 Å². The van der Waals surface area contributed by atoms with Gasteiger partial charge in [0.1, 0.15) is 12.2 Å². The van der Waals surface area contributed by atoms with Gasteiger partial charge in [0.05, 0.1) is 17.3 Å². The number of carbonyl (C=O) groups is 2. The van der Waals surface area contributed by atoms with Crippen molar-refractivity contribution in [2.45, 2.75) is 51.9 Å². The topological polar surface area (TPSA) is 87.0 Å². The van der Waals surface area contributed by atoms with E-state index in [2.05, 4.69) is 20.9 Å².